The summed E-state index contributed by atoms with van der Waals surface area (Å²) in [5, 5.41) is 22.5. The highest BCUT2D eigenvalue weighted by molar-refractivity contribution is 5.92. The van der Waals surface area contributed by atoms with Crippen molar-refractivity contribution < 1.29 is 9.90 Å². The van der Waals surface area contributed by atoms with Gasteiger partial charge in [-0.25, -0.2) is 4.98 Å². The summed E-state index contributed by atoms with van der Waals surface area (Å²) in [5.74, 6) is 0.967. The van der Waals surface area contributed by atoms with Gasteiger partial charge in [-0.15, -0.1) is 5.10 Å². The van der Waals surface area contributed by atoms with Gasteiger partial charge in [0.25, 0.3) is 5.91 Å². The SMILES string of the molecule is CCCC(C)Nc1ncc2c(C3CCN(C(=O)c4cccnn4)CC3)cn(C3CCC(O)CC3)c2n1. The van der Waals surface area contributed by atoms with E-state index >= 15 is 0 Å². The van der Waals surface area contributed by atoms with Crippen LogP contribution in [-0.4, -0.2) is 65.9 Å². The third-order valence-electron chi connectivity index (χ3n) is 7.77. The molecule has 9 heteroatoms. The van der Waals surface area contributed by atoms with Crippen molar-refractivity contribution in [2.24, 2.45) is 0 Å². The molecule has 1 atom stereocenters. The molecule has 9 nitrogen and oxygen atoms in total. The number of carbonyl (C=O) groups is 1. The van der Waals surface area contributed by atoms with E-state index in [2.05, 4.69) is 45.1 Å². The zero-order valence-electron chi connectivity index (χ0n) is 21.3. The fourth-order valence-corrected chi connectivity index (χ4v) is 5.76. The Balaban J connectivity index is 1.39. The van der Waals surface area contributed by atoms with E-state index in [-0.39, 0.29) is 12.0 Å². The number of nitrogens with zero attached hydrogens (tertiary/aromatic N) is 6. The molecule has 0 bridgehead atoms. The molecule has 36 heavy (non-hydrogen) atoms. The summed E-state index contributed by atoms with van der Waals surface area (Å²) in [6.07, 6.45) is 13.2. The van der Waals surface area contributed by atoms with Crippen LogP contribution in [0, 0.1) is 0 Å². The van der Waals surface area contributed by atoms with E-state index < -0.39 is 0 Å². The van der Waals surface area contributed by atoms with Gasteiger partial charge >= 0.3 is 0 Å². The molecule has 1 saturated heterocycles. The van der Waals surface area contributed by atoms with Crippen molar-refractivity contribution in [2.75, 3.05) is 18.4 Å². The Kier molecular flexibility index (Phi) is 7.46. The van der Waals surface area contributed by atoms with Crippen molar-refractivity contribution in [1.82, 2.24) is 29.6 Å². The van der Waals surface area contributed by atoms with Crippen LogP contribution in [0.5, 0.6) is 0 Å². The average Bonchev–Trinajstić information content (AvgIpc) is 3.28. The molecule has 4 heterocycles. The van der Waals surface area contributed by atoms with Crippen molar-refractivity contribution in [3.63, 3.8) is 0 Å². The predicted molar refractivity (Wildman–Crippen MR) is 139 cm³/mol. The summed E-state index contributed by atoms with van der Waals surface area (Å²) >= 11 is 0. The van der Waals surface area contributed by atoms with Gasteiger partial charge in [0.05, 0.1) is 6.10 Å². The summed E-state index contributed by atoms with van der Waals surface area (Å²) in [6.45, 7) is 5.73. The van der Waals surface area contributed by atoms with Gasteiger partial charge in [-0.3, -0.25) is 4.79 Å². The van der Waals surface area contributed by atoms with Crippen LogP contribution in [0.4, 0.5) is 5.95 Å². The van der Waals surface area contributed by atoms with Crippen molar-refractivity contribution in [3.05, 3.63) is 42.0 Å². The molecule has 1 amide bonds. The quantitative estimate of drug-likeness (QED) is 0.507. The van der Waals surface area contributed by atoms with Crippen molar-refractivity contribution in [2.45, 2.75) is 89.3 Å². The lowest BCUT2D eigenvalue weighted by Gasteiger charge is -2.31. The minimum absolute atomic E-state index is 0.0509. The summed E-state index contributed by atoms with van der Waals surface area (Å²) in [5.41, 5.74) is 2.65. The highest BCUT2D eigenvalue weighted by atomic mass is 16.3. The Morgan fingerprint density at radius 3 is 2.67 bits per heavy atom. The third-order valence-corrected chi connectivity index (χ3v) is 7.77. The first kappa shape index (κ1) is 24.6. The highest BCUT2D eigenvalue weighted by Gasteiger charge is 2.30. The van der Waals surface area contributed by atoms with Gasteiger partial charge in [0.1, 0.15) is 5.65 Å². The van der Waals surface area contributed by atoms with Crippen LogP contribution < -0.4 is 5.32 Å². The van der Waals surface area contributed by atoms with Crippen LogP contribution in [0.25, 0.3) is 11.0 Å². The number of amides is 1. The molecule has 0 spiro atoms. The topological polar surface area (TPSA) is 109 Å². The molecule has 3 aromatic heterocycles. The maximum absolute atomic E-state index is 12.8. The summed E-state index contributed by atoms with van der Waals surface area (Å²) in [4.78, 5) is 24.4. The van der Waals surface area contributed by atoms with E-state index in [9.17, 15) is 9.90 Å². The normalized spacial score (nSPS) is 22.0. The van der Waals surface area contributed by atoms with Crippen LogP contribution in [-0.2, 0) is 0 Å². The van der Waals surface area contributed by atoms with Crippen LogP contribution in [0.1, 0.15) is 93.2 Å². The second kappa shape index (κ2) is 10.9. The van der Waals surface area contributed by atoms with Gasteiger partial charge in [-0.05, 0) is 75.5 Å². The second-order valence-electron chi connectivity index (χ2n) is 10.4. The maximum atomic E-state index is 12.8. The summed E-state index contributed by atoms with van der Waals surface area (Å²) in [6, 6.07) is 4.12. The molecule has 5 rings (SSSR count). The summed E-state index contributed by atoms with van der Waals surface area (Å²) in [7, 11) is 0. The lowest BCUT2D eigenvalue weighted by molar-refractivity contribution is 0.0706. The number of likely N-dealkylation sites (tertiary alicyclic amines) is 1. The van der Waals surface area contributed by atoms with Crippen LogP contribution >= 0.6 is 0 Å². The smallest absolute Gasteiger partial charge is 0.274 e. The number of aliphatic hydroxyl groups excluding tert-OH is 1. The molecule has 0 aromatic carbocycles. The first-order valence-electron chi connectivity index (χ1n) is 13.4. The molecule has 2 aliphatic rings. The van der Waals surface area contributed by atoms with Crippen molar-refractivity contribution in [1.29, 1.82) is 0 Å². The monoisotopic (exact) mass is 491 g/mol. The standard InChI is InChI=1S/C27H37N7O2/c1-3-5-18(2)30-27-28-16-22-23(17-34(25(22)31-27)20-7-9-21(35)10-8-20)19-11-14-33(15-12-19)26(36)24-6-4-13-29-32-24/h4,6,13,16-21,35H,3,5,7-12,14-15H2,1-2H3,(H,28,30,31). The Labute approximate surface area is 212 Å². The molecule has 1 aliphatic heterocycles. The van der Waals surface area contributed by atoms with E-state index in [1.54, 1.807) is 18.3 Å². The molecule has 1 saturated carbocycles. The molecule has 1 unspecified atom stereocenters. The number of carbonyl (C=O) groups excluding carboxylic acids is 1. The Morgan fingerprint density at radius 2 is 1.97 bits per heavy atom. The lowest BCUT2D eigenvalue weighted by atomic mass is 9.89. The first-order chi connectivity index (χ1) is 17.5. The number of hydrogen-bond donors (Lipinski definition) is 2. The van der Waals surface area contributed by atoms with Gasteiger partial charge in [0.2, 0.25) is 5.95 Å². The molecule has 2 fully saturated rings. The molecule has 0 radical (unpaired) electrons. The number of aliphatic hydroxyl groups is 1. The molecule has 192 valence electrons. The van der Waals surface area contributed by atoms with Gasteiger partial charge in [-0.1, -0.05) is 13.3 Å². The first-order valence-corrected chi connectivity index (χ1v) is 13.4. The molecule has 2 N–H and O–H groups in total. The molecular formula is C27H37N7O2. The van der Waals surface area contributed by atoms with E-state index in [1.165, 1.54) is 5.56 Å². The van der Waals surface area contributed by atoms with Gasteiger partial charge < -0.3 is 19.9 Å². The van der Waals surface area contributed by atoms with Crippen molar-refractivity contribution >= 4 is 22.9 Å². The zero-order chi connectivity index (χ0) is 25.1. The van der Waals surface area contributed by atoms with Gasteiger partial charge in [0.15, 0.2) is 5.69 Å². The number of rotatable bonds is 7. The van der Waals surface area contributed by atoms with Gasteiger partial charge in [0, 0.05) is 49.1 Å². The van der Waals surface area contributed by atoms with Crippen LogP contribution in [0.3, 0.4) is 0 Å². The summed E-state index contributed by atoms with van der Waals surface area (Å²) < 4.78 is 2.34. The molecule has 1 aliphatic carbocycles. The van der Waals surface area contributed by atoms with E-state index in [1.807, 2.05) is 11.1 Å². The van der Waals surface area contributed by atoms with Crippen LogP contribution in [0.15, 0.2) is 30.7 Å². The highest BCUT2D eigenvalue weighted by Crippen LogP contribution is 2.38. The number of fused-ring (bicyclic) bond motifs is 1. The molecular weight excluding hydrogens is 454 g/mol. The van der Waals surface area contributed by atoms with Crippen LogP contribution in [0.2, 0.25) is 0 Å². The second-order valence-corrected chi connectivity index (χ2v) is 10.4. The molecule has 3 aromatic rings. The number of nitrogens with one attached hydrogen (secondary N) is 1. The van der Waals surface area contributed by atoms with E-state index in [4.69, 9.17) is 4.98 Å². The Hall–Kier alpha value is -3.07. The number of piperidine rings is 1. The minimum atomic E-state index is -0.194. The lowest BCUT2D eigenvalue weighted by Crippen LogP contribution is -2.38. The van der Waals surface area contributed by atoms with E-state index in [0.717, 1.165) is 62.4 Å². The largest absolute Gasteiger partial charge is 0.393 e. The zero-order valence-corrected chi connectivity index (χ0v) is 21.3. The number of aromatic nitrogens is 5. The minimum Gasteiger partial charge on any atom is -0.393 e. The predicted octanol–water partition coefficient (Wildman–Crippen LogP) is 4.32. The fourth-order valence-electron chi connectivity index (χ4n) is 5.76. The number of hydrogen-bond acceptors (Lipinski definition) is 7. The van der Waals surface area contributed by atoms with Gasteiger partial charge in [-0.2, -0.15) is 10.1 Å². The average molecular weight is 492 g/mol. The Bertz CT molecular complexity index is 1170. The maximum Gasteiger partial charge on any atom is 0.274 e. The Morgan fingerprint density at radius 1 is 1.19 bits per heavy atom. The van der Waals surface area contributed by atoms with E-state index in [0.29, 0.717) is 42.7 Å². The third kappa shape index (κ3) is 5.21. The van der Waals surface area contributed by atoms with Crippen molar-refractivity contribution in [3.8, 4) is 0 Å². The number of anilines is 1. The fraction of sp³-hybridized carbons (Fsp3) is 0.593.